The average Bonchev–Trinajstić information content (AvgIpc) is 2.88. The Morgan fingerprint density at radius 2 is 2.06 bits per heavy atom. The first-order valence-corrected chi connectivity index (χ1v) is 7.07. The predicted octanol–water partition coefficient (Wildman–Crippen LogP) is 0.865. The van der Waals surface area contributed by atoms with Gasteiger partial charge in [-0.25, -0.2) is 0 Å². The monoisotopic (exact) mass is 257 g/mol. The number of hydrogen-bond acceptors (Lipinski definition) is 4. The number of hydrogen-bond donors (Lipinski definition) is 2. The molecule has 0 radical (unpaired) electrons. The van der Waals surface area contributed by atoms with E-state index in [0.717, 1.165) is 38.9 Å². The first kappa shape index (κ1) is 14.3. The fourth-order valence-electron chi connectivity index (χ4n) is 3.30. The van der Waals surface area contributed by atoms with E-state index in [1.54, 1.807) is 7.11 Å². The van der Waals surface area contributed by atoms with Crippen LogP contribution < -0.4 is 0 Å². The summed E-state index contributed by atoms with van der Waals surface area (Å²) in [6.45, 7) is 6.81. The summed E-state index contributed by atoms with van der Waals surface area (Å²) in [4.78, 5) is 2.38. The van der Waals surface area contributed by atoms with Crippen molar-refractivity contribution in [1.29, 1.82) is 0 Å². The first-order valence-electron chi connectivity index (χ1n) is 7.07. The summed E-state index contributed by atoms with van der Waals surface area (Å²) in [6.07, 6.45) is 2.33. The standard InChI is InChI=1S/C14H27NO3/c1-14(2,18-3)13(17)6-7-15-8-10-4-5-12(16)11(10)9-15/h10-13,16-17H,4-9H2,1-3H3. The largest absolute Gasteiger partial charge is 0.393 e. The van der Waals surface area contributed by atoms with Crippen LogP contribution in [0.25, 0.3) is 0 Å². The van der Waals surface area contributed by atoms with E-state index in [0.29, 0.717) is 11.8 Å². The molecule has 0 aromatic heterocycles. The Bertz CT molecular complexity index is 282. The Labute approximate surface area is 110 Å². The number of fused-ring (bicyclic) bond motifs is 1. The summed E-state index contributed by atoms with van der Waals surface area (Å²) in [6, 6.07) is 0. The van der Waals surface area contributed by atoms with Crippen molar-refractivity contribution in [3.05, 3.63) is 0 Å². The van der Waals surface area contributed by atoms with Crippen molar-refractivity contribution in [3.63, 3.8) is 0 Å². The molecule has 0 aromatic carbocycles. The quantitative estimate of drug-likeness (QED) is 0.767. The van der Waals surface area contributed by atoms with Gasteiger partial charge in [-0.3, -0.25) is 0 Å². The number of nitrogens with zero attached hydrogens (tertiary/aromatic N) is 1. The fraction of sp³-hybridized carbons (Fsp3) is 1.00. The van der Waals surface area contributed by atoms with Crippen LogP contribution in [-0.4, -0.2) is 59.7 Å². The zero-order valence-corrected chi connectivity index (χ0v) is 11.8. The molecule has 2 rings (SSSR count). The van der Waals surface area contributed by atoms with Crippen molar-refractivity contribution in [2.75, 3.05) is 26.7 Å². The van der Waals surface area contributed by atoms with E-state index in [1.165, 1.54) is 0 Å². The SMILES string of the molecule is COC(C)(C)C(O)CCN1CC2CCC(O)C2C1. The molecule has 106 valence electrons. The van der Waals surface area contributed by atoms with Gasteiger partial charge in [-0.1, -0.05) is 0 Å². The van der Waals surface area contributed by atoms with E-state index in [2.05, 4.69) is 4.90 Å². The van der Waals surface area contributed by atoms with E-state index >= 15 is 0 Å². The molecule has 1 aliphatic heterocycles. The van der Waals surface area contributed by atoms with E-state index in [9.17, 15) is 10.2 Å². The third-order valence-corrected chi connectivity index (χ3v) is 4.94. The van der Waals surface area contributed by atoms with Crippen LogP contribution in [0.1, 0.15) is 33.1 Å². The van der Waals surface area contributed by atoms with E-state index in [4.69, 9.17) is 4.74 Å². The minimum atomic E-state index is -0.477. The van der Waals surface area contributed by atoms with Crippen LogP contribution in [0.2, 0.25) is 0 Å². The summed E-state index contributed by atoms with van der Waals surface area (Å²) < 4.78 is 5.30. The molecule has 2 N–H and O–H groups in total. The highest BCUT2D eigenvalue weighted by atomic mass is 16.5. The van der Waals surface area contributed by atoms with Crippen molar-refractivity contribution in [2.45, 2.75) is 50.9 Å². The zero-order chi connectivity index (χ0) is 13.3. The Morgan fingerprint density at radius 1 is 1.33 bits per heavy atom. The second kappa shape index (κ2) is 5.45. The molecule has 1 saturated heterocycles. The Morgan fingerprint density at radius 3 is 2.67 bits per heavy atom. The summed E-state index contributed by atoms with van der Waals surface area (Å²) >= 11 is 0. The van der Waals surface area contributed by atoms with Gasteiger partial charge in [0.2, 0.25) is 0 Å². The van der Waals surface area contributed by atoms with Crippen LogP contribution in [-0.2, 0) is 4.74 Å². The molecule has 4 atom stereocenters. The first-order chi connectivity index (χ1) is 8.44. The molecule has 0 amide bonds. The van der Waals surface area contributed by atoms with Crippen LogP contribution in [0.15, 0.2) is 0 Å². The number of likely N-dealkylation sites (tertiary alicyclic amines) is 1. The van der Waals surface area contributed by atoms with Crippen molar-refractivity contribution < 1.29 is 14.9 Å². The zero-order valence-electron chi connectivity index (χ0n) is 11.8. The minimum Gasteiger partial charge on any atom is -0.393 e. The third-order valence-electron chi connectivity index (χ3n) is 4.94. The van der Waals surface area contributed by atoms with Crippen LogP contribution in [0.4, 0.5) is 0 Å². The predicted molar refractivity (Wildman–Crippen MR) is 70.4 cm³/mol. The summed E-state index contributed by atoms with van der Waals surface area (Å²) in [7, 11) is 1.64. The topological polar surface area (TPSA) is 52.9 Å². The van der Waals surface area contributed by atoms with E-state index in [-0.39, 0.29) is 6.10 Å². The Balaban J connectivity index is 1.76. The van der Waals surface area contributed by atoms with Crippen molar-refractivity contribution in [3.8, 4) is 0 Å². The summed E-state index contributed by atoms with van der Waals surface area (Å²) in [5, 5.41) is 20.0. The number of ether oxygens (including phenoxy) is 1. The third kappa shape index (κ3) is 2.87. The Hall–Kier alpha value is -0.160. The molecule has 4 heteroatoms. The van der Waals surface area contributed by atoms with Gasteiger partial charge >= 0.3 is 0 Å². The molecule has 1 saturated carbocycles. The summed E-state index contributed by atoms with van der Waals surface area (Å²) in [5.41, 5.74) is -0.477. The van der Waals surface area contributed by atoms with Crippen LogP contribution >= 0.6 is 0 Å². The second-order valence-electron chi connectivity index (χ2n) is 6.44. The van der Waals surface area contributed by atoms with Gasteiger partial charge < -0.3 is 19.8 Å². The molecule has 4 unspecified atom stereocenters. The van der Waals surface area contributed by atoms with Gasteiger partial charge in [0.25, 0.3) is 0 Å². The molecule has 1 heterocycles. The van der Waals surface area contributed by atoms with Gasteiger partial charge in [0, 0.05) is 32.7 Å². The molecule has 0 bridgehead atoms. The highest BCUT2D eigenvalue weighted by Gasteiger charge is 2.41. The number of aliphatic hydroxyl groups is 2. The maximum atomic E-state index is 10.1. The van der Waals surface area contributed by atoms with E-state index < -0.39 is 11.7 Å². The highest BCUT2D eigenvalue weighted by Crippen LogP contribution is 2.38. The van der Waals surface area contributed by atoms with Gasteiger partial charge in [0.15, 0.2) is 0 Å². The van der Waals surface area contributed by atoms with Gasteiger partial charge in [-0.05, 0) is 39.0 Å². The lowest BCUT2D eigenvalue weighted by Gasteiger charge is -2.30. The fourth-order valence-corrected chi connectivity index (χ4v) is 3.30. The second-order valence-corrected chi connectivity index (χ2v) is 6.44. The van der Waals surface area contributed by atoms with E-state index in [1.807, 2.05) is 13.8 Å². The summed E-state index contributed by atoms with van der Waals surface area (Å²) in [5.74, 6) is 1.14. The van der Waals surface area contributed by atoms with Crippen molar-refractivity contribution >= 4 is 0 Å². The van der Waals surface area contributed by atoms with Crippen molar-refractivity contribution in [2.24, 2.45) is 11.8 Å². The lowest BCUT2D eigenvalue weighted by Crippen LogP contribution is -2.40. The van der Waals surface area contributed by atoms with Crippen LogP contribution in [0.3, 0.4) is 0 Å². The number of methoxy groups -OCH3 is 1. The lowest BCUT2D eigenvalue weighted by atomic mass is 9.98. The van der Waals surface area contributed by atoms with Gasteiger partial charge in [0.05, 0.1) is 17.8 Å². The maximum Gasteiger partial charge on any atom is 0.0880 e. The normalized spacial score (nSPS) is 34.8. The smallest absolute Gasteiger partial charge is 0.0880 e. The molecule has 0 aromatic rings. The van der Waals surface area contributed by atoms with Gasteiger partial charge in [-0.2, -0.15) is 0 Å². The van der Waals surface area contributed by atoms with Crippen LogP contribution in [0, 0.1) is 11.8 Å². The van der Waals surface area contributed by atoms with Crippen LogP contribution in [0.5, 0.6) is 0 Å². The number of aliphatic hydroxyl groups excluding tert-OH is 2. The molecule has 4 nitrogen and oxygen atoms in total. The van der Waals surface area contributed by atoms with Gasteiger partial charge in [0.1, 0.15) is 0 Å². The van der Waals surface area contributed by atoms with Gasteiger partial charge in [-0.15, -0.1) is 0 Å². The average molecular weight is 257 g/mol. The van der Waals surface area contributed by atoms with Crippen molar-refractivity contribution in [1.82, 2.24) is 4.90 Å². The Kier molecular flexibility index (Phi) is 4.32. The highest BCUT2D eigenvalue weighted by molar-refractivity contribution is 4.94. The molecular formula is C14H27NO3. The molecule has 0 spiro atoms. The minimum absolute atomic E-state index is 0.0969. The maximum absolute atomic E-state index is 10.1. The number of rotatable bonds is 5. The molecule has 18 heavy (non-hydrogen) atoms. The molecule has 2 fully saturated rings. The molecular weight excluding hydrogens is 230 g/mol. The lowest BCUT2D eigenvalue weighted by molar-refractivity contribution is -0.0821. The molecule has 2 aliphatic rings. The molecule has 1 aliphatic carbocycles.